The third-order valence-electron chi connectivity index (χ3n) is 6.24. The number of benzene rings is 2. The molecule has 2 aliphatic rings. The van der Waals surface area contributed by atoms with Crippen molar-refractivity contribution in [3.8, 4) is 11.5 Å². The zero-order valence-corrected chi connectivity index (χ0v) is 18.4. The van der Waals surface area contributed by atoms with Gasteiger partial charge in [0.05, 0.1) is 14.2 Å². The Morgan fingerprint density at radius 2 is 1.94 bits per heavy atom. The number of fused-ring (bicyclic) bond motifs is 1. The van der Waals surface area contributed by atoms with Crippen molar-refractivity contribution in [2.24, 2.45) is 0 Å². The summed E-state index contributed by atoms with van der Waals surface area (Å²) in [7, 11) is 2.82. The van der Waals surface area contributed by atoms with Gasteiger partial charge in [-0.2, -0.15) is 0 Å². The molecule has 2 fully saturated rings. The molecule has 0 bridgehead atoms. The van der Waals surface area contributed by atoms with E-state index in [-0.39, 0.29) is 17.9 Å². The molecule has 1 aliphatic carbocycles. The van der Waals surface area contributed by atoms with E-state index in [1.54, 1.807) is 18.2 Å². The molecule has 9 nitrogen and oxygen atoms in total. The van der Waals surface area contributed by atoms with Gasteiger partial charge in [-0.25, -0.2) is 18.6 Å². The van der Waals surface area contributed by atoms with Gasteiger partial charge in [-0.05, 0) is 25.0 Å². The largest absolute Gasteiger partial charge is 0.497 e. The molecule has 3 amide bonds. The number of carbonyl (C=O) groups excluding carboxylic acids is 2. The van der Waals surface area contributed by atoms with E-state index in [4.69, 9.17) is 13.9 Å². The van der Waals surface area contributed by atoms with Crippen molar-refractivity contribution in [3.63, 3.8) is 0 Å². The summed E-state index contributed by atoms with van der Waals surface area (Å²) in [6.45, 7) is -0.0278. The van der Waals surface area contributed by atoms with Gasteiger partial charge in [0, 0.05) is 30.2 Å². The van der Waals surface area contributed by atoms with E-state index in [0.717, 1.165) is 12.1 Å². The molecular weight excluding hydrogens is 450 g/mol. The molecule has 0 spiro atoms. The summed E-state index contributed by atoms with van der Waals surface area (Å²) in [4.78, 5) is 29.8. The third-order valence-corrected chi connectivity index (χ3v) is 6.24. The van der Waals surface area contributed by atoms with Crippen molar-refractivity contribution >= 4 is 23.0 Å². The molecule has 1 saturated heterocycles. The number of para-hydroxylation sites is 1. The van der Waals surface area contributed by atoms with Gasteiger partial charge in [-0.15, -0.1) is 0 Å². The van der Waals surface area contributed by atoms with Crippen LogP contribution in [-0.4, -0.2) is 43.7 Å². The maximum atomic E-state index is 14.6. The first-order valence-corrected chi connectivity index (χ1v) is 10.7. The van der Waals surface area contributed by atoms with Crippen LogP contribution in [-0.2, 0) is 10.3 Å². The van der Waals surface area contributed by atoms with Crippen molar-refractivity contribution in [1.82, 2.24) is 20.9 Å². The quantitative estimate of drug-likeness (QED) is 0.508. The summed E-state index contributed by atoms with van der Waals surface area (Å²) in [5.74, 6) is -2.30. The highest BCUT2D eigenvalue weighted by atomic mass is 19.1. The van der Waals surface area contributed by atoms with E-state index < -0.39 is 41.1 Å². The lowest BCUT2D eigenvalue weighted by Crippen LogP contribution is -2.50. The Kier molecular flexibility index (Phi) is 5.26. The number of halogens is 2. The smallest absolute Gasteiger partial charge is 0.316 e. The van der Waals surface area contributed by atoms with Crippen LogP contribution < -0.4 is 25.4 Å². The van der Waals surface area contributed by atoms with Crippen LogP contribution in [0.15, 0.2) is 34.7 Å². The Morgan fingerprint density at radius 3 is 2.59 bits per heavy atom. The van der Waals surface area contributed by atoms with Crippen LogP contribution in [0.4, 0.5) is 13.6 Å². The fourth-order valence-electron chi connectivity index (χ4n) is 4.29. The molecule has 2 atom stereocenters. The number of nitrogens with one attached hydrogen (secondary N) is 3. The summed E-state index contributed by atoms with van der Waals surface area (Å²) in [6, 6.07) is 5.51. The zero-order valence-electron chi connectivity index (χ0n) is 18.4. The maximum Gasteiger partial charge on any atom is 0.316 e. The van der Waals surface area contributed by atoms with Crippen LogP contribution in [0.5, 0.6) is 11.5 Å². The molecule has 11 heteroatoms. The molecule has 1 aliphatic heterocycles. The maximum absolute atomic E-state index is 14.6. The number of rotatable bonds is 6. The lowest BCUT2D eigenvalue weighted by Gasteiger charge is -2.22. The summed E-state index contributed by atoms with van der Waals surface area (Å²) < 4.78 is 45.3. The van der Waals surface area contributed by atoms with Gasteiger partial charge >= 0.3 is 6.03 Å². The number of carbonyl (C=O) groups is 2. The molecule has 34 heavy (non-hydrogen) atoms. The fourth-order valence-corrected chi connectivity index (χ4v) is 4.29. The van der Waals surface area contributed by atoms with Gasteiger partial charge in [0.2, 0.25) is 11.8 Å². The molecule has 0 radical (unpaired) electrons. The van der Waals surface area contributed by atoms with Gasteiger partial charge in [0.1, 0.15) is 34.7 Å². The lowest BCUT2D eigenvalue weighted by atomic mass is 9.93. The predicted octanol–water partition coefficient (Wildman–Crippen LogP) is 2.69. The lowest BCUT2D eigenvalue weighted by molar-refractivity contribution is -0.120. The van der Waals surface area contributed by atoms with Crippen LogP contribution in [0.2, 0.25) is 0 Å². The average molecular weight is 472 g/mol. The molecule has 2 aromatic carbocycles. The Balaban J connectivity index is 1.35. The Hall–Kier alpha value is -3.89. The second-order valence-electron chi connectivity index (χ2n) is 8.34. The van der Waals surface area contributed by atoms with E-state index >= 15 is 0 Å². The van der Waals surface area contributed by atoms with Crippen LogP contribution in [0.3, 0.4) is 0 Å². The minimum absolute atomic E-state index is 0.0175. The summed E-state index contributed by atoms with van der Waals surface area (Å²) in [6.07, 6.45) is 1.16. The SMILES string of the molecule is COc1cc(F)c([C@@H]2CNC(=O)[C@H]2NC(=O)NC2(c3nc4c(OC)cccc4o3)CC2)c(F)c1. The van der Waals surface area contributed by atoms with E-state index in [1.165, 1.54) is 14.2 Å². The van der Waals surface area contributed by atoms with Gasteiger partial charge < -0.3 is 29.8 Å². The predicted molar refractivity (Wildman–Crippen MR) is 116 cm³/mol. The Labute approximate surface area is 192 Å². The molecule has 1 saturated carbocycles. The monoisotopic (exact) mass is 472 g/mol. The summed E-state index contributed by atoms with van der Waals surface area (Å²) in [5, 5.41) is 7.93. The minimum Gasteiger partial charge on any atom is -0.497 e. The van der Waals surface area contributed by atoms with E-state index in [0.29, 0.717) is 35.6 Å². The summed E-state index contributed by atoms with van der Waals surface area (Å²) in [5.41, 5.74) is -0.0794. The van der Waals surface area contributed by atoms with Crippen molar-refractivity contribution in [3.05, 3.63) is 53.4 Å². The molecule has 5 rings (SSSR count). The van der Waals surface area contributed by atoms with E-state index in [1.807, 2.05) is 0 Å². The number of methoxy groups -OCH3 is 2. The number of nitrogens with zero attached hydrogens (tertiary/aromatic N) is 1. The van der Waals surface area contributed by atoms with Crippen LogP contribution in [0.1, 0.15) is 30.2 Å². The number of amides is 3. The molecule has 0 unspecified atom stereocenters. The van der Waals surface area contributed by atoms with Crippen LogP contribution >= 0.6 is 0 Å². The number of oxazole rings is 1. The average Bonchev–Trinajstić information content (AvgIpc) is 3.30. The highest BCUT2D eigenvalue weighted by Gasteiger charge is 2.51. The van der Waals surface area contributed by atoms with Gasteiger partial charge in [0.25, 0.3) is 0 Å². The molecule has 178 valence electrons. The van der Waals surface area contributed by atoms with Crippen molar-refractivity contribution in [2.45, 2.75) is 30.3 Å². The standard InChI is InChI=1S/C23H22F2N4O5/c1-32-11-8-13(24)17(14(25)9-11)12-10-26-20(30)18(12)28-22(31)29-23(6-7-23)21-27-19-15(33-2)4-3-5-16(19)34-21/h3-5,8-9,12,18H,6-7,10H2,1-2H3,(H,26,30)(H2,28,29,31)/t12-,18-/m0/s1. The first-order chi connectivity index (χ1) is 16.3. The first-order valence-electron chi connectivity index (χ1n) is 10.7. The molecule has 3 N–H and O–H groups in total. The third kappa shape index (κ3) is 3.66. The highest BCUT2D eigenvalue weighted by molar-refractivity contribution is 5.90. The van der Waals surface area contributed by atoms with Gasteiger partial charge in [0.15, 0.2) is 11.1 Å². The van der Waals surface area contributed by atoms with E-state index in [9.17, 15) is 18.4 Å². The number of urea groups is 1. The topological polar surface area (TPSA) is 115 Å². The first kappa shape index (κ1) is 21.9. The highest BCUT2D eigenvalue weighted by Crippen LogP contribution is 2.46. The Morgan fingerprint density at radius 1 is 1.21 bits per heavy atom. The number of ether oxygens (including phenoxy) is 2. The van der Waals surface area contributed by atoms with Gasteiger partial charge in [-0.3, -0.25) is 4.79 Å². The molecule has 1 aromatic heterocycles. The summed E-state index contributed by atoms with van der Waals surface area (Å²) >= 11 is 0. The van der Waals surface area contributed by atoms with Crippen molar-refractivity contribution in [2.75, 3.05) is 20.8 Å². The number of hydrogen-bond acceptors (Lipinski definition) is 6. The molecule has 3 aromatic rings. The second kappa shape index (κ2) is 8.15. The minimum atomic E-state index is -1.17. The van der Waals surface area contributed by atoms with Crippen LogP contribution in [0, 0.1) is 11.6 Å². The Bertz CT molecular complexity index is 1270. The van der Waals surface area contributed by atoms with Gasteiger partial charge in [-0.1, -0.05) is 6.07 Å². The second-order valence-corrected chi connectivity index (χ2v) is 8.34. The molecular formula is C23H22F2N4O5. The molecule has 2 heterocycles. The van der Waals surface area contributed by atoms with E-state index in [2.05, 4.69) is 20.9 Å². The van der Waals surface area contributed by atoms with Crippen molar-refractivity contribution < 1.29 is 32.3 Å². The zero-order chi connectivity index (χ0) is 24.0. The number of hydrogen-bond donors (Lipinski definition) is 3. The normalized spacial score (nSPS) is 20.6. The van der Waals surface area contributed by atoms with Crippen LogP contribution in [0.25, 0.3) is 11.1 Å². The fraction of sp³-hybridized carbons (Fsp3) is 0.348. The van der Waals surface area contributed by atoms with Crippen molar-refractivity contribution in [1.29, 1.82) is 0 Å². The number of aromatic nitrogens is 1.